The molecule has 0 atom stereocenters. The molecule has 4 nitrogen and oxygen atoms in total. The lowest BCUT2D eigenvalue weighted by Gasteiger charge is -2.12. The van der Waals surface area contributed by atoms with Gasteiger partial charge >= 0.3 is 0 Å². The minimum Gasteiger partial charge on any atom is -0.344 e. The van der Waals surface area contributed by atoms with Gasteiger partial charge in [0.25, 0.3) is 0 Å². The number of para-hydroxylation sites is 4. The molecule has 270 valence electrons. The molecule has 0 radical (unpaired) electrons. The van der Waals surface area contributed by atoms with Crippen LogP contribution in [0.25, 0.3) is 94.3 Å². The lowest BCUT2D eigenvalue weighted by atomic mass is 10.0. The highest BCUT2D eigenvalue weighted by molar-refractivity contribution is 6.09. The van der Waals surface area contributed by atoms with Gasteiger partial charge in [-0.05, 0) is 53.6 Å². The minimum atomic E-state index is 0.707. The lowest BCUT2D eigenvalue weighted by Crippen LogP contribution is -1.98. The first-order chi connectivity index (χ1) is 28.2. The summed E-state index contributed by atoms with van der Waals surface area (Å²) in [5.74, 6) is 0.707. The van der Waals surface area contributed by atoms with Crippen LogP contribution in [0.3, 0.4) is 0 Å². The minimum absolute atomic E-state index is 0.707. The fraction of sp³-hybridized carbons (Fsp3) is 0.0189. The molecule has 3 heterocycles. The van der Waals surface area contributed by atoms with Crippen molar-refractivity contribution >= 4 is 43.6 Å². The van der Waals surface area contributed by atoms with E-state index in [0.717, 1.165) is 33.8 Å². The SMILES string of the molecule is Cn1c2ccccc2c2ccccc21.c1ccc(-c2ccc(-c3nc(-c4ccccc4)cc(-c4cccc(-n5c6ccccc6c6ccccc65)c4)n3)cc2)cc1. The molecule has 0 saturated carbocycles. The number of hydrogen-bond donors (Lipinski definition) is 0. The highest BCUT2D eigenvalue weighted by atomic mass is 15.0. The van der Waals surface area contributed by atoms with Crippen molar-refractivity contribution in [1.29, 1.82) is 0 Å². The van der Waals surface area contributed by atoms with Crippen molar-refractivity contribution < 1.29 is 0 Å². The van der Waals surface area contributed by atoms with Gasteiger partial charge in [0.1, 0.15) is 0 Å². The molecule has 0 fully saturated rings. The summed E-state index contributed by atoms with van der Waals surface area (Å²) in [5, 5.41) is 5.17. The van der Waals surface area contributed by atoms with E-state index in [1.54, 1.807) is 0 Å². The first-order valence-corrected chi connectivity index (χ1v) is 19.3. The molecule has 0 saturated heterocycles. The average molecular weight is 731 g/mol. The Morgan fingerprint density at radius 1 is 0.316 bits per heavy atom. The van der Waals surface area contributed by atoms with E-state index < -0.39 is 0 Å². The maximum atomic E-state index is 5.13. The fourth-order valence-electron chi connectivity index (χ4n) is 8.05. The molecular formula is C53H38N4. The average Bonchev–Trinajstić information content (AvgIpc) is 3.79. The fourth-order valence-corrected chi connectivity index (χ4v) is 8.05. The standard InChI is InChI=1S/C40H27N3.C13H11N/c1-3-12-28(13-4-1)29-22-24-31(25-23-29)40-41-36(30-14-5-2-6-15-30)27-37(42-40)32-16-11-17-33(26-32)43-38-20-9-7-18-34(38)35-19-8-10-21-39(35)43;1-14-12-8-4-2-6-10(12)11-7-3-5-9-13(11)14/h1-27H;2-9H,1H3. The van der Waals surface area contributed by atoms with Gasteiger partial charge in [0.2, 0.25) is 0 Å². The quantitative estimate of drug-likeness (QED) is 0.177. The Bertz CT molecular complexity index is 3070. The van der Waals surface area contributed by atoms with Crippen LogP contribution in [-0.4, -0.2) is 19.1 Å². The number of aromatic nitrogens is 4. The van der Waals surface area contributed by atoms with Gasteiger partial charge in [-0.15, -0.1) is 0 Å². The highest BCUT2D eigenvalue weighted by Crippen LogP contribution is 2.34. The Hall–Kier alpha value is -7.56. The molecule has 0 bridgehead atoms. The van der Waals surface area contributed by atoms with Gasteiger partial charge in [-0.25, -0.2) is 9.97 Å². The normalized spacial score (nSPS) is 11.2. The first kappa shape index (κ1) is 34.0. The Labute approximate surface area is 331 Å². The van der Waals surface area contributed by atoms with Crippen LogP contribution in [0.4, 0.5) is 0 Å². The van der Waals surface area contributed by atoms with Crippen molar-refractivity contribution in [3.05, 3.63) is 212 Å². The number of aryl methyl sites for hydroxylation is 1. The number of benzene rings is 8. The summed E-state index contributed by atoms with van der Waals surface area (Å²) in [6.45, 7) is 0. The largest absolute Gasteiger partial charge is 0.344 e. The van der Waals surface area contributed by atoms with E-state index in [-0.39, 0.29) is 0 Å². The third kappa shape index (κ3) is 6.33. The van der Waals surface area contributed by atoms with Crippen LogP contribution in [0.2, 0.25) is 0 Å². The van der Waals surface area contributed by atoms with Crippen molar-refractivity contribution in [1.82, 2.24) is 19.1 Å². The van der Waals surface area contributed by atoms with E-state index in [9.17, 15) is 0 Å². The van der Waals surface area contributed by atoms with Crippen molar-refractivity contribution in [2.75, 3.05) is 0 Å². The van der Waals surface area contributed by atoms with Crippen molar-refractivity contribution in [3.8, 4) is 50.7 Å². The van der Waals surface area contributed by atoms with Gasteiger partial charge in [0, 0.05) is 62.0 Å². The van der Waals surface area contributed by atoms with Crippen LogP contribution >= 0.6 is 0 Å². The van der Waals surface area contributed by atoms with Crippen LogP contribution in [-0.2, 0) is 7.05 Å². The third-order valence-corrected chi connectivity index (χ3v) is 10.8. The summed E-state index contributed by atoms with van der Waals surface area (Å²) in [4.78, 5) is 10.2. The smallest absolute Gasteiger partial charge is 0.160 e. The second kappa shape index (κ2) is 14.6. The van der Waals surface area contributed by atoms with Gasteiger partial charge in [-0.3, -0.25) is 0 Å². The predicted molar refractivity (Wildman–Crippen MR) is 239 cm³/mol. The Morgan fingerprint density at radius 3 is 1.28 bits per heavy atom. The molecule has 0 aliphatic rings. The molecule has 4 heteroatoms. The van der Waals surface area contributed by atoms with Crippen LogP contribution in [0.1, 0.15) is 0 Å². The number of nitrogens with zero attached hydrogens (tertiary/aromatic N) is 4. The van der Waals surface area contributed by atoms with Crippen LogP contribution in [0, 0.1) is 0 Å². The van der Waals surface area contributed by atoms with E-state index in [2.05, 4.69) is 204 Å². The summed E-state index contributed by atoms with van der Waals surface area (Å²) in [5.41, 5.74) is 13.3. The second-order valence-electron chi connectivity index (χ2n) is 14.3. The summed E-state index contributed by atoms with van der Waals surface area (Å²) in [7, 11) is 2.12. The summed E-state index contributed by atoms with van der Waals surface area (Å²) in [6.07, 6.45) is 0. The molecule has 0 aliphatic carbocycles. The molecule has 0 amide bonds. The summed E-state index contributed by atoms with van der Waals surface area (Å²) >= 11 is 0. The molecule has 0 N–H and O–H groups in total. The molecule has 0 aliphatic heterocycles. The van der Waals surface area contributed by atoms with Crippen molar-refractivity contribution in [2.45, 2.75) is 0 Å². The van der Waals surface area contributed by atoms with Gasteiger partial charge in [0.15, 0.2) is 5.82 Å². The second-order valence-corrected chi connectivity index (χ2v) is 14.3. The lowest BCUT2D eigenvalue weighted by molar-refractivity contribution is 1.01. The predicted octanol–water partition coefficient (Wildman–Crippen LogP) is 13.6. The zero-order valence-corrected chi connectivity index (χ0v) is 31.5. The first-order valence-electron chi connectivity index (χ1n) is 19.3. The molecular weight excluding hydrogens is 693 g/mol. The maximum absolute atomic E-state index is 5.13. The molecule has 11 aromatic rings. The van der Waals surface area contributed by atoms with E-state index >= 15 is 0 Å². The third-order valence-electron chi connectivity index (χ3n) is 10.8. The zero-order chi connectivity index (χ0) is 38.1. The summed E-state index contributed by atoms with van der Waals surface area (Å²) in [6, 6.07) is 74.3. The maximum Gasteiger partial charge on any atom is 0.160 e. The van der Waals surface area contributed by atoms with Crippen LogP contribution in [0.5, 0.6) is 0 Å². The summed E-state index contributed by atoms with van der Waals surface area (Å²) < 4.78 is 4.58. The zero-order valence-electron chi connectivity index (χ0n) is 31.5. The van der Waals surface area contributed by atoms with Crippen molar-refractivity contribution in [3.63, 3.8) is 0 Å². The Morgan fingerprint density at radius 2 is 0.719 bits per heavy atom. The number of hydrogen-bond acceptors (Lipinski definition) is 2. The Kier molecular flexibility index (Phi) is 8.69. The van der Waals surface area contributed by atoms with E-state index in [4.69, 9.17) is 9.97 Å². The van der Waals surface area contributed by atoms with Gasteiger partial charge in [-0.1, -0.05) is 170 Å². The van der Waals surface area contributed by atoms with Crippen LogP contribution < -0.4 is 0 Å². The van der Waals surface area contributed by atoms with E-state index in [1.807, 2.05) is 24.3 Å². The molecule has 3 aromatic heterocycles. The number of rotatable bonds is 5. The molecule has 8 aromatic carbocycles. The molecule has 57 heavy (non-hydrogen) atoms. The van der Waals surface area contributed by atoms with Crippen LogP contribution in [0.15, 0.2) is 212 Å². The monoisotopic (exact) mass is 730 g/mol. The van der Waals surface area contributed by atoms with Crippen molar-refractivity contribution in [2.24, 2.45) is 7.05 Å². The van der Waals surface area contributed by atoms with E-state index in [0.29, 0.717) is 5.82 Å². The van der Waals surface area contributed by atoms with E-state index in [1.165, 1.54) is 54.7 Å². The molecule has 11 rings (SSSR count). The Balaban J connectivity index is 0.000000237. The number of fused-ring (bicyclic) bond motifs is 6. The highest BCUT2D eigenvalue weighted by Gasteiger charge is 2.15. The van der Waals surface area contributed by atoms with Gasteiger partial charge < -0.3 is 9.13 Å². The van der Waals surface area contributed by atoms with Gasteiger partial charge in [0.05, 0.1) is 22.4 Å². The van der Waals surface area contributed by atoms with Gasteiger partial charge in [-0.2, -0.15) is 0 Å². The molecule has 0 spiro atoms. The topological polar surface area (TPSA) is 35.6 Å². The molecule has 0 unspecified atom stereocenters.